The molecule has 360 valence electrons. The predicted molar refractivity (Wildman–Crippen MR) is 265 cm³/mol. The number of carbonyl (C=O) groups is 2. The van der Waals surface area contributed by atoms with E-state index in [-0.39, 0.29) is 37.7 Å². The Morgan fingerprint density at radius 3 is 0.607 bits per heavy atom. The van der Waals surface area contributed by atoms with E-state index in [1.54, 1.807) is 0 Å². The van der Waals surface area contributed by atoms with Gasteiger partial charge in [0.25, 0.3) is 0 Å². The van der Waals surface area contributed by atoms with E-state index in [0.29, 0.717) is 0 Å². The summed E-state index contributed by atoms with van der Waals surface area (Å²) >= 11 is 0. The number of hydrogen-bond donors (Lipinski definition) is 0. The van der Waals surface area contributed by atoms with Crippen LogP contribution in [-0.2, 0) is 9.59 Å². The average Bonchev–Trinajstić information content (AvgIpc) is 3.23. The Morgan fingerprint density at radius 1 is 0.295 bits per heavy atom. The van der Waals surface area contributed by atoms with Crippen LogP contribution in [0.4, 0.5) is 0 Å². The maximum atomic E-state index is 11.7. The standard InChI is InChI=1S/2C27H55NO2.Ca/c2*1-4-7-9-11-13-15-17-19-21-24-28(26(23-6-3)27(29)30)25-22-20-18-16-14-12-10-8-5-2;/h2*26H,4-25H2,1-3H3,(H,29,30);/q;;+2/p-2. The van der Waals surface area contributed by atoms with Crippen molar-refractivity contribution < 1.29 is 19.8 Å². The second-order valence-electron chi connectivity index (χ2n) is 18.6. The first-order chi connectivity index (χ1) is 29.3. The summed E-state index contributed by atoms with van der Waals surface area (Å²) in [4.78, 5) is 27.8. The largest absolute Gasteiger partial charge is 2.00 e. The van der Waals surface area contributed by atoms with Crippen molar-refractivity contribution >= 4 is 49.7 Å². The Morgan fingerprint density at radius 2 is 0.459 bits per heavy atom. The quantitative estimate of drug-likeness (QED) is 0.0447. The molecule has 0 rings (SSSR count). The van der Waals surface area contributed by atoms with Gasteiger partial charge in [0, 0.05) is 12.1 Å². The molecule has 0 aliphatic rings. The molecular formula is C54H108CaN2O4. The summed E-state index contributed by atoms with van der Waals surface area (Å²) in [6.07, 6.45) is 50.4. The maximum absolute atomic E-state index is 11.7. The molecule has 0 spiro atoms. The van der Waals surface area contributed by atoms with Crippen LogP contribution in [0.2, 0.25) is 0 Å². The summed E-state index contributed by atoms with van der Waals surface area (Å²) < 4.78 is 0. The average molecular weight is 890 g/mol. The van der Waals surface area contributed by atoms with Gasteiger partial charge in [-0.25, -0.2) is 0 Å². The van der Waals surface area contributed by atoms with Gasteiger partial charge >= 0.3 is 37.7 Å². The molecule has 0 N–H and O–H groups in total. The van der Waals surface area contributed by atoms with E-state index >= 15 is 0 Å². The Bertz CT molecular complexity index is 749. The SMILES string of the molecule is CCCCCCCCCCCN(CCCCCCCCCCC)C(CCC)C(=O)[O-].CCCCCCCCCCCN(CCCCCCCCCCC)C(CCC)C(=O)[O-].[Ca+2]. The van der Waals surface area contributed by atoms with Crippen LogP contribution in [0, 0.1) is 0 Å². The third-order valence-corrected chi connectivity index (χ3v) is 12.7. The zero-order valence-electron chi connectivity index (χ0n) is 42.5. The molecule has 61 heavy (non-hydrogen) atoms. The van der Waals surface area contributed by atoms with Crippen LogP contribution in [0.3, 0.4) is 0 Å². The Kier molecular flexibility index (Phi) is 58.4. The summed E-state index contributed by atoms with van der Waals surface area (Å²) in [6.45, 7) is 16.9. The molecule has 0 aromatic carbocycles. The van der Waals surface area contributed by atoms with Gasteiger partial charge < -0.3 is 19.8 Å². The molecular weight excluding hydrogens is 781 g/mol. The summed E-state index contributed by atoms with van der Waals surface area (Å²) in [5.41, 5.74) is 0. The van der Waals surface area contributed by atoms with E-state index in [2.05, 4.69) is 51.3 Å². The Hall–Kier alpha value is 0.120. The topological polar surface area (TPSA) is 86.7 Å². The molecule has 0 aromatic heterocycles. The number of carboxylic acid groups (broad SMARTS) is 2. The second kappa shape index (κ2) is 54.5. The molecule has 7 heteroatoms. The fourth-order valence-electron chi connectivity index (χ4n) is 8.80. The Labute approximate surface area is 413 Å². The van der Waals surface area contributed by atoms with Gasteiger partial charge in [-0.15, -0.1) is 0 Å². The van der Waals surface area contributed by atoms with E-state index < -0.39 is 24.0 Å². The van der Waals surface area contributed by atoms with Crippen LogP contribution in [0.15, 0.2) is 0 Å². The van der Waals surface area contributed by atoms with Crippen LogP contribution >= 0.6 is 0 Å². The molecule has 0 aromatic rings. The maximum Gasteiger partial charge on any atom is 2.00 e. The predicted octanol–water partition coefficient (Wildman–Crippen LogP) is 14.2. The van der Waals surface area contributed by atoms with Crippen molar-refractivity contribution in [2.24, 2.45) is 0 Å². The number of carboxylic acids is 2. The molecule has 0 radical (unpaired) electrons. The van der Waals surface area contributed by atoms with Crippen molar-refractivity contribution in [2.45, 2.75) is 310 Å². The van der Waals surface area contributed by atoms with Crippen LogP contribution in [0.1, 0.15) is 298 Å². The van der Waals surface area contributed by atoms with Gasteiger partial charge in [0.05, 0.1) is 11.9 Å². The van der Waals surface area contributed by atoms with Crippen LogP contribution in [0.5, 0.6) is 0 Å². The van der Waals surface area contributed by atoms with Crippen molar-refractivity contribution in [1.29, 1.82) is 0 Å². The molecule has 0 saturated carbocycles. The van der Waals surface area contributed by atoms with Gasteiger partial charge in [-0.1, -0.05) is 260 Å². The molecule has 0 saturated heterocycles. The number of nitrogens with zero attached hydrogens (tertiary/aromatic N) is 2. The van der Waals surface area contributed by atoms with E-state index in [1.807, 2.05) is 0 Å². The Balaban J connectivity index is -0.00000109. The van der Waals surface area contributed by atoms with Gasteiger partial charge in [-0.3, -0.25) is 9.80 Å². The van der Waals surface area contributed by atoms with Crippen LogP contribution in [-0.4, -0.2) is 97.7 Å². The summed E-state index contributed by atoms with van der Waals surface area (Å²) in [7, 11) is 0. The number of hydrogen-bond acceptors (Lipinski definition) is 6. The van der Waals surface area contributed by atoms with Crippen molar-refractivity contribution in [1.82, 2.24) is 9.80 Å². The minimum absolute atomic E-state index is 0. The molecule has 0 bridgehead atoms. The smallest absolute Gasteiger partial charge is 0.548 e. The van der Waals surface area contributed by atoms with Gasteiger partial charge in [0.1, 0.15) is 0 Å². The first-order valence-corrected chi connectivity index (χ1v) is 27.2. The molecule has 6 nitrogen and oxygen atoms in total. The minimum atomic E-state index is -0.872. The van der Waals surface area contributed by atoms with Crippen molar-refractivity contribution in [3.05, 3.63) is 0 Å². The van der Waals surface area contributed by atoms with Gasteiger partial charge in [-0.2, -0.15) is 0 Å². The third-order valence-electron chi connectivity index (χ3n) is 12.7. The summed E-state index contributed by atoms with van der Waals surface area (Å²) in [5.74, 6) is -1.74. The van der Waals surface area contributed by atoms with E-state index in [9.17, 15) is 19.8 Å². The minimum Gasteiger partial charge on any atom is -0.548 e. The molecule has 2 atom stereocenters. The number of unbranched alkanes of at least 4 members (excludes halogenated alkanes) is 32. The second-order valence-corrected chi connectivity index (χ2v) is 18.6. The molecule has 0 fully saturated rings. The first kappa shape index (κ1) is 65.4. The fraction of sp³-hybridized carbons (Fsp3) is 0.963. The van der Waals surface area contributed by atoms with E-state index in [1.165, 1.54) is 205 Å². The molecule has 0 aliphatic carbocycles. The van der Waals surface area contributed by atoms with Gasteiger partial charge in [-0.05, 0) is 64.7 Å². The van der Waals surface area contributed by atoms with Crippen LogP contribution in [0.25, 0.3) is 0 Å². The van der Waals surface area contributed by atoms with Gasteiger partial charge in [0.15, 0.2) is 0 Å². The summed E-state index contributed by atoms with van der Waals surface area (Å²) in [5, 5.41) is 23.4. The summed E-state index contributed by atoms with van der Waals surface area (Å²) in [6, 6.07) is -0.781. The monoisotopic (exact) mass is 889 g/mol. The third kappa shape index (κ3) is 46.5. The molecule has 2 unspecified atom stereocenters. The molecule has 0 heterocycles. The van der Waals surface area contributed by atoms with E-state index in [4.69, 9.17) is 0 Å². The van der Waals surface area contributed by atoms with Crippen molar-refractivity contribution in [3.63, 3.8) is 0 Å². The number of rotatable bonds is 48. The number of carbonyl (C=O) groups excluding carboxylic acids is 2. The zero-order chi connectivity index (χ0) is 44.6. The first-order valence-electron chi connectivity index (χ1n) is 27.2. The molecule has 0 aliphatic heterocycles. The van der Waals surface area contributed by atoms with E-state index in [0.717, 1.165) is 77.5 Å². The molecule has 0 amide bonds. The normalized spacial score (nSPS) is 12.3. The zero-order valence-corrected chi connectivity index (χ0v) is 44.7. The number of aliphatic carboxylic acids is 2. The van der Waals surface area contributed by atoms with Crippen molar-refractivity contribution in [3.8, 4) is 0 Å². The van der Waals surface area contributed by atoms with Crippen LogP contribution < -0.4 is 10.2 Å². The van der Waals surface area contributed by atoms with Gasteiger partial charge in [0.2, 0.25) is 0 Å². The fourth-order valence-corrected chi connectivity index (χ4v) is 8.80. The van der Waals surface area contributed by atoms with Crippen molar-refractivity contribution in [2.75, 3.05) is 26.2 Å².